The van der Waals surface area contributed by atoms with Crippen molar-refractivity contribution in [2.45, 2.75) is 40.8 Å². The molecule has 0 saturated heterocycles. The quantitative estimate of drug-likeness (QED) is 0.0708. The standard InChI is InChI=1S/2C17H11F4.C2H6Si.2ClH.Zr/c2*1-8-6-10-4-3-5-11(12(10)7-8)13-16(20)14(18)9(2)15(19)17(13)21;1-3-2;;;/h2*3-7H,1-2H3;1-2H3;2*1H;/q2*-1;;;;+4/p-2. The van der Waals surface area contributed by atoms with Gasteiger partial charge in [0.05, 0.1) is 0 Å². The van der Waals surface area contributed by atoms with E-state index in [1.807, 2.05) is 26.0 Å². The summed E-state index contributed by atoms with van der Waals surface area (Å²) in [5.41, 5.74) is -0.516. The summed E-state index contributed by atoms with van der Waals surface area (Å²) in [6.45, 7) is 10.0. The van der Waals surface area contributed by atoms with Crippen LogP contribution in [0.15, 0.2) is 60.7 Å². The van der Waals surface area contributed by atoms with E-state index in [-0.39, 0.29) is 11.1 Å². The molecule has 250 valence electrons. The zero-order valence-electron chi connectivity index (χ0n) is 26.6. The maximum absolute atomic E-state index is 14.1. The molecule has 6 aromatic carbocycles. The second-order valence-corrected chi connectivity index (χ2v) is 15.5. The van der Waals surface area contributed by atoms with Gasteiger partial charge in [0, 0.05) is 31.8 Å². The van der Waals surface area contributed by atoms with Gasteiger partial charge < -0.3 is 0 Å². The fourth-order valence-electron chi connectivity index (χ4n) is 5.16. The van der Waals surface area contributed by atoms with Crippen molar-refractivity contribution in [3.05, 3.63) is 129 Å². The van der Waals surface area contributed by atoms with E-state index >= 15 is 0 Å². The SMILES string of the molecule is C[Si]C.Cc1cc2c(-c3c(F)c(F)c(C)c(F)c3F)cccc2[cH-]1.Cc1cc2c(-c3c(F)c(F)c(C)c(F)c3F)cccc2[cH-]1.[Cl][Zr+2][Cl]. The van der Waals surface area contributed by atoms with E-state index in [4.69, 9.17) is 17.0 Å². The summed E-state index contributed by atoms with van der Waals surface area (Å²) in [6.07, 6.45) is 0. The summed E-state index contributed by atoms with van der Waals surface area (Å²) in [6, 6.07) is 16.8. The Morgan fingerprint density at radius 1 is 0.521 bits per heavy atom. The van der Waals surface area contributed by atoms with Crippen LogP contribution in [0, 0.1) is 74.2 Å². The first-order valence-corrected chi connectivity index (χ1v) is 22.5. The van der Waals surface area contributed by atoms with Gasteiger partial charge in [-0.15, -0.1) is 69.1 Å². The van der Waals surface area contributed by atoms with Gasteiger partial charge in [-0.3, -0.25) is 0 Å². The van der Waals surface area contributed by atoms with Crippen LogP contribution in [-0.4, -0.2) is 9.52 Å². The predicted octanol–water partition coefficient (Wildman–Crippen LogP) is 13.0. The molecule has 0 fully saturated rings. The van der Waals surface area contributed by atoms with Gasteiger partial charge in [-0.1, -0.05) is 50.2 Å². The molecule has 0 nitrogen and oxygen atoms in total. The third-order valence-electron chi connectivity index (χ3n) is 7.29. The van der Waals surface area contributed by atoms with Crippen molar-refractivity contribution >= 4 is 48.1 Å². The molecule has 0 aliphatic rings. The fraction of sp³-hybridized carbons (Fsp3) is 0.167. The summed E-state index contributed by atoms with van der Waals surface area (Å²) in [5, 5.41) is 2.67. The number of aryl methyl sites for hydroxylation is 2. The third-order valence-corrected chi connectivity index (χ3v) is 7.29. The Labute approximate surface area is 294 Å². The molecule has 0 bridgehead atoms. The Morgan fingerprint density at radius 2 is 0.792 bits per heavy atom. The molecule has 6 aromatic rings. The first-order chi connectivity index (χ1) is 22.7. The molecular formula is C36H28Cl2F8SiZr. The Balaban J connectivity index is 0.000000224. The molecule has 48 heavy (non-hydrogen) atoms. The van der Waals surface area contributed by atoms with E-state index in [1.54, 1.807) is 36.4 Å². The van der Waals surface area contributed by atoms with E-state index in [0.717, 1.165) is 45.3 Å². The van der Waals surface area contributed by atoms with Gasteiger partial charge in [0.15, 0.2) is 46.5 Å². The fourth-order valence-corrected chi connectivity index (χ4v) is 5.16. The van der Waals surface area contributed by atoms with Gasteiger partial charge in [0.1, 0.15) is 0 Å². The molecule has 0 unspecified atom stereocenters. The van der Waals surface area contributed by atoms with Crippen molar-refractivity contribution < 1.29 is 56.0 Å². The number of hydrogen-bond acceptors (Lipinski definition) is 0. The van der Waals surface area contributed by atoms with Crippen LogP contribution in [0.5, 0.6) is 0 Å². The predicted molar refractivity (Wildman–Crippen MR) is 178 cm³/mol. The molecule has 0 aromatic heterocycles. The summed E-state index contributed by atoms with van der Waals surface area (Å²) in [4.78, 5) is 0. The first kappa shape index (κ1) is 39.7. The number of fused-ring (bicyclic) bond motifs is 2. The van der Waals surface area contributed by atoms with Crippen LogP contribution in [-0.2, 0) is 20.8 Å². The number of halogens is 10. The topological polar surface area (TPSA) is 0 Å². The molecule has 0 spiro atoms. The van der Waals surface area contributed by atoms with Crippen LogP contribution in [0.2, 0.25) is 13.1 Å². The number of hydrogen-bond donors (Lipinski definition) is 0. The maximum atomic E-state index is 14.1. The van der Waals surface area contributed by atoms with E-state index in [1.165, 1.54) is 12.1 Å². The van der Waals surface area contributed by atoms with Crippen molar-refractivity contribution in [1.82, 2.24) is 0 Å². The molecule has 6 rings (SSSR count). The number of rotatable bonds is 2. The normalized spacial score (nSPS) is 10.5. The van der Waals surface area contributed by atoms with Crippen LogP contribution in [0.25, 0.3) is 43.8 Å². The van der Waals surface area contributed by atoms with Crippen LogP contribution < -0.4 is 0 Å². The van der Waals surface area contributed by atoms with E-state index in [0.29, 0.717) is 10.8 Å². The minimum atomic E-state index is -1.36. The molecule has 0 N–H and O–H groups in total. The third kappa shape index (κ3) is 8.15. The zero-order valence-corrected chi connectivity index (χ0v) is 31.5. The van der Waals surface area contributed by atoms with Crippen molar-refractivity contribution in [1.29, 1.82) is 0 Å². The van der Waals surface area contributed by atoms with Crippen LogP contribution in [0.1, 0.15) is 22.3 Å². The molecule has 0 amide bonds. The van der Waals surface area contributed by atoms with Gasteiger partial charge in [-0.25, -0.2) is 35.1 Å². The monoisotopic (exact) mass is 800 g/mol. The Bertz CT molecular complexity index is 1860. The van der Waals surface area contributed by atoms with Gasteiger partial charge in [0.25, 0.3) is 0 Å². The zero-order chi connectivity index (χ0) is 36.0. The van der Waals surface area contributed by atoms with Gasteiger partial charge in [-0.2, -0.15) is 12.1 Å². The molecular weight excluding hydrogens is 775 g/mol. The molecule has 0 heterocycles. The summed E-state index contributed by atoms with van der Waals surface area (Å²) in [5.74, 6) is -10.9. The van der Waals surface area contributed by atoms with E-state index in [2.05, 4.69) is 13.1 Å². The van der Waals surface area contributed by atoms with Crippen molar-refractivity contribution in [3.8, 4) is 22.3 Å². The summed E-state index contributed by atoms with van der Waals surface area (Å²) >= 11 is -0.826. The van der Waals surface area contributed by atoms with Gasteiger partial charge >= 0.3 is 37.9 Å². The molecule has 0 aliphatic carbocycles. The second-order valence-electron chi connectivity index (χ2n) is 10.8. The molecule has 0 saturated carbocycles. The van der Waals surface area contributed by atoms with Crippen molar-refractivity contribution in [3.63, 3.8) is 0 Å². The van der Waals surface area contributed by atoms with Crippen LogP contribution in [0.4, 0.5) is 35.1 Å². The Morgan fingerprint density at radius 3 is 1.06 bits per heavy atom. The average Bonchev–Trinajstić information content (AvgIpc) is 3.64. The first-order valence-electron chi connectivity index (χ1n) is 14.2. The van der Waals surface area contributed by atoms with Gasteiger partial charge in [0.2, 0.25) is 0 Å². The average molecular weight is 803 g/mol. The number of benzene rings is 4. The molecule has 0 aliphatic heterocycles. The van der Waals surface area contributed by atoms with Crippen molar-refractivity contribution in [2.75, 3.05) is 0 Å². The Kier molecular flexibility index (Phi) is 14.2. The van der Waals surface area contributed by atoms with Crippen molar-refractivity contribution in [2.24, 2.45) is 0 Å². The van der Waals surface area contributed by atoms with Crippen LogP contribution >= 0.6 is 17.0 Å². The molecule has 12 heteroatoms. The minimum absolute atomic E-state index is 0.147. The van der Waals surface area contributed by atoms with E-state index < -0.39 is 89.6 Å². The Hall–Kier alpha value is -2.78. The second kappa shape index (κ2) is 17.2. The van der Waals surface area contributed by atoms with E-state index in [9.17, 15) is 35.1 Å². The molecule has 0 atom stereocenters. The molecule has 2 radical (unpaired) electrons. The summed E-state index contributed by atoms with van der Waals surface area (Å²) < 4.78 is 112. The summed E-state index contributed by atoms with van der Waals surface area (Å²) in [7, 11) is 11.0. The van der Waals surface area contributed by atoms with Gasteiger partial charge in [-0.05, 0) is 13.8 Å². The van der Waals surface area contributed by atoms with Crippen LogP contribution in [0.3, 0.4) is 0 Å².